The minimum Gasteiger partial charge on any atom is -0.347 e. The molecule has 2 aromatic heterocycles. The third-order valence-electron chi connectivity index (χ3n) is 3.05. The zero-order chi connectivity index (χ0) is 14.0. The highest BCUT2D eigenvalue weighted by molar-refractivity contribution is 5.06. The maximum atomic E-state index is 11.9. The van der Waals surface area contributed by atoms with Crippen molar-refractivity contribution in [1.29, 1.82) is 0 Å². The Kier molecular flexibility index (Phi) is 3.66. The van der Waals surface area contributed by atoms with E-state index >= 15 is 0 Å². The zero-order valence-electron chi connectivity index (χ0n) is 11.2. The summed E-state index contributed by atoms with van der Waals surface area (Å²) < 4.78 is 2.50. The van der Waals surface area contributed by atoms with Crippen LogP contribution in [0.4, 0.5) is 0 Å². The van der Waals surface area contributed by atoms with Crippen molar-refractivity contribution in [1.82, 2.24) is 24.4 Å². The molecule has 0 aliphatic heterocycles. The molecule has 0 bridgehead atoms. The molecule has 0 saturated heterocycles. The first kappa shape index (κ1) is 13.3. The van der Waals surface area contributed by atoms with Gasteiger partial charge in [-0.2, -0.15) is 0 Å². The molecule has 19 heavy (non-hydrogen) atoms. The monoisotopic (exact) mass is 263 g/mol. The molecule has 7 nitrogen and oxygen atoms in total. The standard InChI is InChI=1S/C12H17N5O2/c1-8(10-13-4-5-14-10)15-6-9-7-16(2)12(19)17(3)11(9)18/h4-5,7-8,15H,6H2,1-3H3,(H,13,14). The van der Waals surface area contributed by atoms with E-state index in [4.69, 9.17) is 0 Å². The third-order valence-corrected chi connectivity index (χ3v) is 3.05. The second-order valence-electron chi connectivity index (χ2n) is 4.49. The molecular formula is C12H17N5O2. The molecule has 0 aromatic carbocycles. The fourth-order valence-electron chi connectivity index (χ4n) is 1.88. The summed E-state index contributed by atoms with van der Waals surface area (Å²) in [5.41, 5.74) is -0.0573. The molecule has 2 heterocycles. The predicted octanol–water partition coefficient (Wildman–Crippen LogP) is -0.342. The molecule has 0 radical (unpaired) electrons. The van der Waals surface area contributed by atoms with Crippen molar-refractivity contribution in [3.63, 3.8) is 0 Å². The molecule has 2 N–H and O–H groups in total. The van der Waals surface area contributed by atoms with Crippen molar-refractivity contribution in [3.05, 3.63) is 50.8 Å². The van der Waals surface area contributed by atoms with Gasteiger partial charge >= 0.3 is 5.69 Å². The van der Waals surface area contributed by atoms with Crippen LogP contribution in [0.5, 0.6) is 0 Å². The van der Waals surface area contributed by atoms with E-state index in [-0.39, 0.29) is 17.3 Å². The van der Waals surface area contributed by atoms with E-state index in [0.29, 0.717) is 12.1 Å². The van der Waals surface area contributed by atoms with Crippen molar-refractivity contribution in [2.24, 2.45) is 14.1 Å². The van der Waals surface area contributed by atoms with Gasteiger partial charge in [0.15, 0.2) is 0 Å². The van der Waals surface area contributed by atoms with E-state index in [2.05, 4.69) is 15.3 Å². The Balaban J connectivity index is 2.17. The largest absolute Gasteiger partial charge is 0.347 e. The van der Waals surface area contributed by atoms with Crippen LogP contribution in [0, 0.1) is 0 Å². The van der Waals surface area contributed by atoms with Crippen LogP contribution in [0.15, 0.2) is 28.2 Å². The van der Waals surface area contributed by atoms with Crippen LogP contribution in [0.2, 0.25) is 0 Å². The number of hydrogen-bond donors (Lipinski definition) is 2. The number of H-pyrrole nitrogens is 1. The number of nitrogens with zero attached hydrogens (tertiary/aromatic N) is 3. The highest BCUT2D eigenvalue weighted by atomic mass is 16.2. The fraction of sp³-hybridized carbons (Fsp3) is 0.417. The average molecular weight is 263 g/mol. The Morgan fingerprint density at radius 3 is 2.79 bits per heavy atom. The Hall–Kier alpha value is -2.15. The first-order valence-electron chi connectivity index (χ1n) is 5.99. The number of nitrogens with one attached hydrogen (secondary N) is 2. The number of hydrogen-bond acceptors (Lipinski definition) is 4. The number of aryl methyl sites for hydroxylation is 1. The van der Waals surface area contributed by atoms with Crippen molar-refractivity contribution in [2.75, 3.05) is 0 Å². The molecule has 0 fully saturated rings. The van der Waals surface area contributed by atoms with Gasteiger partial charge in [0, 0.05) is 44.8 Å². The van der Waals surface area contributed by atoms with E-state index in [1.165, 1.54) is 11.6 Å². The van der Waals surface area contributed by atoms with Crippen LogP contribution in [0.3, 0.4) is 0 Å². The van der Waals surface area contributed by atoms with Crippen LogP contribution in [-0.4, -0.2) is 19.1 Å². The van der Waals surface area contributed by atoms with Gasteiger partial charge in [-0.25, -0.2) is 9.78 Å². The third kappa shape index (κ3) is 2.65. The second kappa shape index (κ2) is 5.23. The van der Waals surface area contributed by atoms with Gasteiger partial charge in [0.05, 0.1) is 6.04 Å². The van der Waals surface area contributed by atoms with Gasteiger partial charge in [-0.1, -0.05) is 0 Å². The minimum atomic E-state index is -0.326. The Morgan fingerprint density at radius 2 is 2.16 bits per heavy atom. The second-order valence-corrected chi connectivity index (χ2v) is 4.49. The van der Waals surface area contributed by atoms with Crippen LogP contribution < -0.4 is 16.6 Å². The first-order chi connectivity index (χ1) is 9.00. The van der Waals surface area contributed by atoms with Gasteiger partial charge in [-0.3, -0.25) is 9.36 Å². The summed E-state index contributed by atoms with van der Waals surface area (Å²) in [6.45, 7) is 2.33. The molecule has 102 valence electrons. The number of rotatable bonds is 4. The molecule has 2 rings (SSSR count). The maximum Gasteiger partial charge on any atom is 0.330 e. The van der Waals surface area contributed by atoms with E-state index in [1.54, 1.807) is 25.6 Å². The van der Waals surface area contributed by atoms with Gasteiger partial charge < -0.3 is 14.9 Å². The lowest BCUT2D eigenvalue weighted by molar-refractivity contribution is 0.539. The number of imidazole rings is 1. The zero-order valence-corrected chi connectivity index (χ0v) is 11.2. The van der Waals surface area contributed by atoms with Gasteiger partial charge in [0.1, 0.15) is 5.82 Å². The molecule has 7 heteroatoms. The van der Waals surface area contributed by atoms with Gasteiger partial charge in [-0.05, 0) is 6.92 Å². The SMILES string of the molecule is CC(NCc1cn(C)c(=O)n(C)c1=O)c1ncc[nH]1. The molecule has 1 unspecified atom stereocenters. The Bertz CT molecular complexity index is 668. The molecule has 2 aromatic rings. The van der Waals surface area contributed by atoms with E-state index in [0.717, 1.165) is 10.4 Å². The molecule has 1 atom stereocenters. The summed E-state index contributed by atoms with van der Waals surface area (Å²) >= 11 is 0. The lowest BCUT2D eigenvalue weighted by Crippen LogP contribution is -2.39. The fourth-order valence-corrected chi connectivity index (χ4v) is 1.88. The van der Waals surface area contributed by atoms with E-state index in [9.17, 15) is 9.59 Å². The maximum absolute atomic E-state index is 11.9. The molecule has 0 amide bonds. The predicted molar refractivity (Wildman–Crippen MR) is 70.8 cm³/mol. The van der Waals surface area contributed by atoms with Gasteiger partial charge in [0.2, 0.25) is 0 Å². The van der Waals surface area contributed by atoms with Crippen LogP contribution in [-0.2, 0) is 20.6 Å². The molecule has 0 spiro atoms. The lowest BCUT2D eigenvalue weighted by atomic mass is 10.2. The average Bonchev–Trinajstić information content (AvgIpc) is 2.92. The van der Waals surface area contributed by atoms with Gasteiger partial charge in [-0.15, -0.1) is 0 Å². The summed E-state index contributed by atoms with van der Waals surface area (Å²) in [6, 6.07) is -0.00283. The highest BCUT2D eigenvalue weighted by Gasteiger charge is 2.10. The van der Waals surface area contributed by atoms with Gasteiger partial charge in [0.25, 0.3) is 5.56 Å². The van der Waals surface area contributed by atoms with Crippen LogP contribution >= 0.6 is 0 Å². The summed E-state index contributed by atoms with van der Waals surface area (Å²) in [5.74, 6) is 0.807. The van der Waals surface area contributed by atoms with Crippen LogP contribution in [0.1, 0.15) is 24.4 Å². The quantitative estimate of drug-likeness (QED) is 0.790. The molecular weight excluding hydrogens is 246 g/mol. The summed E-state index contributed by atoms with van der Waals surface area (Å²) in [6.07, 6.45) is 4.99. The minimum absolute atomic E-state index is 0.00283. The molecule has 0 aliphatic carbocycles. The van der Waals surface area contributed by atoms with E-state index in [1.807, 2.05) is 6.92 Å². The Morgan fingerprint density at radius 1 is 1.42 bits per heavy atom. The van der Waals surface area contributed by atoms with Crippen molar-refractivity contribution in [3.8, 4) is 0 Å². The Labute approximate surface area is 109 Å². The number of aromatic amines is 1. The molecule has 0 aliphatic rings. The van der Waals surface area contributed by atoms with E-state index < -0.39 is 0 Å². The van der Waals surface area contributed by atoms with Crippen LogP contribution in [0.25, 0.3) is 0 Å². The highest BCUT2D eigenvalue weighted by Crippen LogP contribution is 2.05. The summed E-state index contributed by atoms with van der Waals surface area (Å²) in [5, 5.41) is 3.19. The summed E-state index contributed by atoms with van der Waals surface area (Å²) in [4.78, 5) is 30.6. The van der Waals surface area contributed by atoms with Crippen molar-refractivity contribution in [2.45, 2.75) is 19.5 Å². The smallest absolute Gasteiger partial charge is 0.330 e. The van der Waals surface area contributed by atoms with Crippen molar-refractivity contribution < 1.29 is 0 Å². The topological polar surface area (TPSA) is 84.7 Å². The molecule has 0 saturated carbocycles. The lowest BCUT2D eigenvalue weighted by Gasteiger charge is -2.12. The normalized spacial score (nSPS) is 12.6. The summed E-state index contributed by atoms with van der Waals surface area (Å²) in [7, 11) is 3.10. The number of aromatic nitrogens is 4. The van der Waals surface area contributed by atoms with Crippen molar-refractivity contribution >= 4 is 0 Å². The first-order valence-corrected chi connectivity index (χ1v) is 5.99.